The summed E-state index contributed by atoms with van der Waals surface area (Å²) in [5.41, 5.74) is 6.37. The number of amides is 1. The van der Waals surface area contributed by atoms with Gasteiger partial charge < -0.3 is 20.5 Å². The Morgan fingerprint density at radius 1 is 1.17 bits per heavy atom. The van der Waals surface area contributed by atoms with Crippen molar-refractivity contribution in [3.05, 3.63) is 47.5 Å². The Hall–Kier alpha value is -3.17. The zero-order valence-corrected chi connectivity index (χ0v) is 20.1. The van der Waals surface area contributed by atoms with E-state index < -0.39 is 5.82 Å². The van der Waals surface area contributed by atoms with E-state index in [4.69, 9.17) is 26.8 Å². The molecule has 0 bridgehead atoms. The van der Waals surface area contributed by atoms with Crippen molar-refractivity contribution < 1.29 is 18.7 Å². The lowest BCUT2D eigenvalue weighted by Gasteiger charge is -2.46. The largest absolute Gasteiger partial charge is 0.493 e. The molecule has 184 valence electrons. The highest BCUT2D eigenvalue weighted by molar-refractivity contribution is 6.31. The topological polar surface area (TPSA) is 103 Å². The predicted molar refractivity (Wildman–Crippen MR) is 132 cm³/mol. The molecule has 2 aromatic carbocycles. The molecule has 1 aliphatic carbocycles. The summed E-state index contributed by atoms with van der Waals surface area (Å²) < 4.78 is 26.4. The highest BCUT2D eigenvalue weighted by atomic mass is 35.5. The van der Waals surface area contributed by atoms with Crippen LogP contribution >= 0.6 is 11.6 Å². The van der Waals surface area contributed by atoms with Gasteiger partial charge in [-0.3, -0.25) is 9.69 Å². The number of nitrogens with one attached hydrogen (secondary N) is 1. The number of methoxy groups -OCH3 is 1. The van der Waals surface area contributed by atoms with E-state index >= 15 is 0 Å². The van der Waals surface area contributed by atoms with Crippen molar-refractivity contribution in [1.82, 2.24) is 14.9 Å². The van der Waals surface area contributed by atoms with Crippen LogP contribution in [0.4, 0.5) is 15.9 Å². The first-order valence-electron chi connectivity index (χ1n) is 11.7. The Morgan fingerprint density at radius 2 is 1.97 bits per heavy atom. The van der Waals surface area contributed by atoms with Crippen molar-refractivity contribution >= 4 is 39.9 Å². The van der Waals surface area contributed by atoms with Crippen molar-refractivity contribution in [2.75, 3.05) is 19.0 Å². The van der Waals surface area contributed by atoms with Crippen molar-refractivity contribution in [1.29, 1.82) is 0 Å². The number of carbonyl (C=O) groups excluding carboxylic acids is 1. The summed E-state index contributed by atoms with van der Waals surface area (Å²) in [6.45, 7) is 0.922. The van der Waals surface area contributed by atoms with E-state index in [-0.39, 0.29) is 28.8 Å². The number of hydrogen-bond acceptors (Lipinski definition) is 7. The summed E-state index contributed by atoms with van der Waals surface area (Å²) in [6.07, 6.45) is 5.86. The van der Waals surface area contributed by atoms with Gasteiger partial charge in [0.15, 0.2) is 17.3 Å². The molecule has 1 saturated heterocycles. The molecule has 0 unspecified atom stereocenters. The van der Waals surface area contributed by atoms with Gasteiger partial charge in [-0.1, -0.05) is 17.7 Å². The van der Waals surface area contributed by atoms with Crippen LogP contribution < -0.4 is 20.5 Å². The van der Waals surface area contributed by atoms with Gasteiger partial charge >= 0.3 is 0 Å². The van der Waals surface area contributed by atoms with Crippen LogP contribution in [-0.4, -0.2) is 52.6 Å². The Bertz CT molecular complexity index is 1250. The second kappa shape index (κ2) is 9.83. The van der Waals surface area contributed by atoms with Gasteiger partial charge in [-0.05, 0) is 50.3 Å². The van der Waals surface area contributed by atoms with Crippen LogP contribution in [0.15, 0.2) is 36.7 Å². The number of halogens is 2. The molecule has 0 radical (unpaired) electrons. The lowest BCUT2D eigenvalue weighted by atomic mass is 9.87. The first-order valence-corrected chi connectivity index (χ1v) is 12.1. The van der Waals surface area contributed by atoms with E-state index in [9.17, 15) is 9.18 Å². The van der Waals surface area contributed by atoms with E-state index in [1.807, 2.05) is 6.07 Å². The quantitative estimate of drug-likeness (QED) is 0.496. The first-order chi connectivity index (χ1) is 16.9. The van der Waals surface area contributed by atoms with E-state index in [2.05, 4.69) is 20.2 Å². The van der Waals surface area contributed by atoms with Crippen LogP contribution in [0.5, 0.6) is 11.5 Å². The average Bonchev–Trinajstić information content (AvgIpc) is 2.82. The number of nitrogens with two attached hydrogens (primary N) is 1. The molecule has 35 heavy (non-hydrogen) atoms. The molecular weight excluding hydrogens is 473 g/mol. The lowest BCUT2D eigenvalue weighted by molar-refractivity contribution is -0.130. The summed E-state index contributed by atoms with van der Waals surface area (Å²) in [7, 11) is 1.58. The summed E-state index contributed by atoms with van der Waals surface area (Å²) in [6, 6.07) is 8.58. The molecule has 1 aliphatic heterocycles. The predicted octanol–water partition coefficient (Wildman–Crippen LogP) is 4.42. The highest BCUT2D eigenvalue weighted by Crippen LogP contribution is 2.38. The van der Waals surface area contributed by atoms with Gasteiger partial charge in [0.2, 0.25) is 5.91 Å². The third-order valence-electron chi connectivity index (χ3n) is 6.92. The normalized spacial score (nSPS) is 22.4. The maximum absolute atomic E-state index is 14.5. The molecule has 8 nitrogen and oxygen atoms in total. The minimum absolute atomic E-state index is 0.0114. The fourth-order valence-corrected chi connectivity index (χ4v) is 5.14. The zero-order chi connectivity index (χ0) is 24.5. The van der Waals surface area contributed by atoms with Crippen LogP contribution in [0, 0.1) is 5.82 Å². The SMILES string of the molecule is COc1cc2ncnc(Nc3cccc(Cl)c3F)c2cc1OC1CCC(N2CC[C@@H]2C(N)=O)CC1. The minimum atomic E-state index is -0.552. The number of fused-ring (bicyclic) bond motifs is 1. The molecule has 2 fully saturated rings. The maximum Gasteiger partial charge on any atom is 0.234 e. The number of hydrogen-bond donors (Lipinski definition) is 2. The molecular formula is C25H27ClFN5O3. The summed E-state index contributed by atoms with van der Waals surface area (Å²) >= 11 is 5.93. The third kappa shape index (κ3) is 4.70. The third-order valence-corrected chi connectivity index (χ3v) is 7.21. The first kappa shape index (κ1) is 23.6. The fraction of sp³-hybridized carbons (Fsp3) is 0.400. The van der Waals surface area contributed by atoms with Gasteiger partial charge in [0.1, 0.15) is 12.1 Å². The smallest absolute Gasteiger partial charge is 0.234 e. The summed E-state index contributed by atoms with van der Waals surface area (Å²) in [4.78, 5) is 22.5. The zero-order valence-electron chi connectivity index (χ0n) is 19.3. The molecule has 2 heterocycles. The Labute approximate surface area is 207 Å². The van der Waals surface area contributed by atoms with Gasteiger partial charge in [-0.25, -0.2) is 14.4 Å². The maximum atomic E-state index is 14.5. The minimum Gasteiger partial charge on any atom is -0.493 e. The van der Waals surface area contributed by atoms with Crippen LogP contribution in [0.25, 0.3) is 10.9 Å². The molecule has 0 spiro atoms. The van der Waals surface area contributed by atoms with Gasteiger partial charge in [-0.2, -0.15) is 0 Å². The number of ether oxygens (including phenoxy) is 2. The molecule has 5 rings (SSSR count). The van der Waals surface area contributed by atoms with Crippen LogP contribution in [0.1, 0.15) is 32.1 Å². The average molecular weight is 500 g/mol. The van der Waals surface area contributed by atoms with Crippen LogP contribution in [0.3, 0.4) is 0 Å². The number of rotatable bonds is 7. The molecule has 2 aliphatic rings. The lowest BCUT2D eigenvalue weighted by Crippen LogP contribution is -2.59. The number of carbonyl (C=O) groups is 1. The number of aromatic nitrogens is 2. The van der Waals surface area contributed by atoms with E-state index in [1.54, 1.807) is 25.3 Å². The van der Waals surface area contributed by atoms with Gasteiger partial charge in [-0.15, -0.1) is 0 Å². The second-order valence-electron chi connectivity index (χ2n) is 8.96. The molecule has 1 saturated carbocycles. The van der Waals surface area contributed by atoms with Gasteiger partial charge in [0, 0.05) is 24.0 Å². The molecule has 10 heteroatoms. The van der Waals surface area contributed by atoms with E-state index in [1.165, 1.54) is 12.4 Å². The standard InChI is InChI=1S/C25H27ClFN5O3/c1-34-21-12-19-16(25(30-13-29-19)31-18-4-2-3-17(26)23(18)27)11-22(21)35-15-7-5-14(6-8-15)32-10-9-20(32)24(28)33/h2-4,11-15,20H,5-10H2,1H3,(H2,28,33)(H,29,30,31)/t14?,15?,20-/m1/s1. The molecule has 1 amide bonds. The Morgan fingerprint density at radius 3 is 2.66 bits per heavy atom. The Balaban J connectivity index is 1.35. The molecule has 3 N–H and O–H groups in total. The fourth-order valence-electron chi connectivity index (χ4n) is 4.97. The second-order valence-corrected chi connectivity index (χ2v) is 9.37. The molecule has 1 atom stereocenters. The summed E-state index contributed by atoms with van der Waals surface area (Å²) in [5.74, 6) is 0.785. The number of likely N-dealkylation sites (tertiary alicyclic amines) is 1. The highest BCUT2D eigenvalue weighted by Gasteiger charge is 2.39. The monoisotopic (exact) mass is 499 g/mol. The number of benzene rings is 2. The number of anilines is 2. The molecule has 3 aromatic rings. The van der Waals surface area contributed by atoms with E-state index in [0.29, 0.717) is 34.3 Å². The van der Waals surface area contributed by atoms with Gasteiger partial charge in [0.05, 0.1) is 35.5 Å². The van der Waals surface area contributed by atoms with E-state index in [0.717, 1.165) is 38.6 Å². The number of nitrogens with zero attached hydrogens (tertiary/aromatic N) is 3. The van der Waals surface area contributed by atoms with Crippen molar-refractivity contribution in [2.45, 2.75) is 50.3 Å². The Kier molecular flexibility index (Phi) is 6.62. The van der Waals surface area contributed by atoms with Crippen molar-refractivity contribution in [3.8, 4) is 11.5 Å². The van der Waals surface area contributed by atoms with Gasteiger partial charge in [0.25, 0.3) is 0 Å². The van der Waals surface area contributed by atoms with Crippen molar-refractivity contribution in [2.24, 2.45) is 5.73 Å². The van der Waals surface area contributed by atoms with Crippen LogP contribution in [0.2, 0.25) is 5.02 Å². The molecule has 1 aromatic heterocycles. The van der Waals surface area contributed by atoms with Crippen LogP contribution in [-0.2, 0) is 4.79 Å². The number of primary amides is 1. The van der Waals surface area contributed by atoms with Crippen molar-refractivity contribution in [3.63, 3.8) is 0 Å². The summed E-state index contributed by atoms with van der Waals surface area (Å²) in [5, 5.41) is 3.71.